The topological polar surface area (TPSA) is 92.3 Å². The van der Waals surface area contributed by atoms with Crippen molar-refractivity contribution in [3.05, 3.63) is 77.1 Å². The van der Waals surface area contributed by atoms with Crippen molar-refractivity contribution < 1.29 is 13.2 Å². The van der Waals surface area contributed by atoms with Crippen LogP contribution >= 0.6 is 0 Å². The van der Waals surface area contributed by atoms with Crippen molar-refractivity contribution in [3.8, 4) is 0 Å². The lowest BCUT2D eigenvalue weighted by atomic mass is 10.1. The van der Waals surface area contributed by atoms with Gasteiger partial charge in [0.15, 0.2) is 0 Å². The predicted octanol–water partition coefficient (Wildman–Crippen LogP) is 3.07. The monoisotopic (exact) mass is 436 g/mol. The Labute approximate surface area is 182 Å². The number of sulfonamides is 1. The summed E-state index contributed by atoms with van der Waals surface area (Å²) < 4.78 is 25.2. The van der Waals surface area contributed by atoms with E-state index in [0.29, 0.717) is 37.3 Å². The summed E-state index contributed by atoms with van der Waals surface area (Å²) in [6.45, 7) is 0. The highest BCUT2D eigenvalue weighted by molar-refractivity contribution is 7.92. The molecule has 0 spiro atoms. The minimum absolute atomic E-state index is 0.243. The van der Waals surface area contributed by atoms with Crippen LogP contribution in [0, 0.1) is 0 Å². The largest absolute Gasteiger partial charge is 0.324 e. The second kappa shape index (κ2) is 8.47. The minimum atomic E-state index is -3.33. The summed E-state index contributed by atoms with van der Waals surface area (Å²) in [5, 5.41) is 3.22. The Kier molecular flexibility index (Phi) is 5.73. The van der Waals surface area contributed by atoms with E-state index in [9.17, 15) is 13.2 Å². The summed E-state index contributed by atoms with van der Waals surface area (Å²) in [5.74, 6) is 0.732. The number of carbonyl (C=O) groups is 1. The molecule has 0 unspecified atom stereocenters. The molecule has 0 bridgehead atoms. The van der Waals surface area contributed by atoms with Crippen LogP contribution in [0.4, 0.5) is 17.3 Å². The predicted molar refractivity (Wildman–Crippen MR) is 121 cm³/mol. The van der Waals surface area contributed by atoms with Crippen molar-refractivity contribution in [2.24, 2.45) is 0 Å². The van der Waals surface area contributed by atoms with Crippen LogP contribution in [0.2, 0.25) is 0 Å². The summed E-state index contributed by atoms with van der Waals surface area (Å²) >= 11 is 0. The van der Waals surface area contributed by atoms with E-state index in [1.54, 1.807) is 13.2 Å². The van der Waals surface area contributed by atoms with Crippen LogP contribution in [0.25, 0.3) is 0 Å². The molecule has 0 aliphatic heterocycles. The molecule has 1 aliphatic rings. The van der Waals surface area contributed by atoms with E-state index in [1.165, 1.54) is 10.6 Å². The molecular weight excluding hydrogens is 412 g/mol. The molecule has 0 atom stereocenters. The van der Waals surface area contributed by atoms with Gasteiger partial charge in [0.2, 0.25) is 16.0 Å². The van der Waals surface area contributed by atoms with Crippen LogP contribution in [0.5, 0.6) is 0 Å². The smallest absolute Gasteiger partial charge is 0.232 e. The fourth-order valence-corrected chi connectivity index (χ4v) is 4.26. The van der Waals surface area contributed by atoms with E-state index < -0.39 is 10.0 Å². The number of rotatable bonds is 7. The van der Waals surface area contributed by atoms with Crippen LogP contribution in [-0.4, -0.2) is 37.5 Å². The van der Waals surface area contributed by atoms with Gasteiger partial charge >= 0.3 is 0 Å². The van der Waals surface area contributed by atoms with Gasteiger partial charge in [-0.25, -0.2) is 18.4 Å². The third-order valence-corrected chi connectivity index (χ3v) is 6.62. The van der Waals surface area contributed by atoms with Gasteiger partial charge in [0.05, 0.1) is 11.9 Å². The molecule has 160 valence electrons. The quantitative estimate of drug-likeness (QED) is 0.612. The molecule has 4 rings (SSSR count). The number of hydrogen-bond acceptors (Lipinski definition) is 6. The number of para-hydroxylation sites is 1. The zero-order valence-electron chi connectivity index (χ0n) is 17.5. The zero-order valence-corrected chi connectivity index (χ0v) is 18.3. The Balaban J connectivity index is 1.47. The molecule has 31 heavy (non-hydrogen) atoms. The summed E-state index contributed by atoms with van der Waals surface area (Å²) in [7, 11) is -1.77. The number of aromatic nitrogens is 2. The van der Waals surface area contributed by atoms with E-state index in [1.807, 2.05) is 48.5 Å². The maximum absolute atomic E-state index is 11.9. The van der Waals surface area contributed by atoms with Gasteiger partial charge in [-0.05, 0) is 53.8 Å². The molecule has 0 amide bonds. The van der Waals surface area contributed by atoms with Crippen molar-refractivity contribution >= 4 is 33.1 Å². The van der Waals surface area contributed by atoms with E-state index in [-0.39, 0.29) is 5.78 Å². The molecule has 1 N–H and O–H groups in total. The first-order valence-corrected chi connectivity index (χ1v) is 11.9. The highest BCUT2D eigenvalue weighted by Crippen LogP contribution is 2.25. The summed E-state index contributed by atoms with van der Waals surface area (Å²) in [4.78, 5) is 20.5. The van der Waals surface area contributed by atoms with Gasteiger partial charge in [-0.15, -0.1) is 0 Å². The normalized spacial score (nSPS) is 13.2. The van der Waals surface area contributed by atoms with Crippen LogP contribution in [0.3, 0.4) is 0 Å². The lowest BCUT2D eigenvalue weighted by molar-refractivity contribution is -0.117. The molecule has 7 nitrogen and oxygen atoms in total. The third kappa shape index (κ3) is 4.91. The molecule has 0 saturated carbocycles. The Bertz CT molecular complexity index is 1240. The van der Waals surface area contributed by atoms with Crippen molar-refractivity contribution in [2.45, 2.75) is 25.7 Å². The number of nitrogens with one attached hydrogen (secondary N) is 1. The van der Waals surface area contributed by atoms with Gasteiger partial charge < -0.3 is 5.32 Å². The number of Topliss-reactive ketones (excluding diaryl/α,β-unsaturated/α-hetero) is 1. The van der Waals surface area contributed by atoms with Gasteiger partial charge in [-0.2, -0.15) is 0 Å². The van der Waals surface area contributed by atoms with Gasteiger partial charge in [0.1, 0.15) is 5.78 Å². The molecule has 1 aliphatic carbocycles. The molecule has 1 aromatic heterocycles. The minimum Gasteiger partial charge on any atom is -0.324 e. The number of benzene rings is 2. The number of fused-ring (bicyclic) bond motifs is 1. The fraction of sp³-hybridized carbons (Fsp3) is 0.261. The third-order valence-electron chi connectivity index (χ3n) is 5.43. The van der Waals surface area contributed by atoms with Crippen molar-refractivity contribution in [2.75, 3.05) is 22.9 Å². The lowest BCUT2D eigenvalue weighted by Crippen LogP contribution is -2.26. The molecule has 8 heteroatoms. The van der Waals surface area contributed by atoms with Crippen molar-refractivity contribution in [1.29, 1.82) is 0 Å². The van der Waals surface area contributed by atoms with Gasteiger partial charge in [0.25, 0.3) is 0 Å². The Morgan fingerprint density at radius 1 is 1.03 bits per heavy atom. The molecular formula is C23H24N4O3S. The number of anilines is 3. The second-order valence-corrected chi connectivity index (χ2v) is 9.75. The van der Waals surface area contributed by atoms with Crippen LogP contribution in [0.1, 0.15) is 22.4 Å². The number of carbonyl (C=O) groups excluding carboxylic acids is 1. The van der Waals surface area contributed by atoms with Gasteiger partial charge in [0, 0.05) is 37.5 Å². The van der Waals surface area contributed by atoms with Crippen LogP contribution in [0.15, 0.2) is 54.7 Å². The Morgan fingerprint density at radius 2 is 1.81 bits per heavy atom. The van der Waals surface area contributed by atoms with E-state index in [4.69, 9.17) is 0 Å². The molecule has 2 aromatic carbocycles. The average molecular weight is 437 g/mol. The first kappa shape index (κ1) is 21.0. The first-order chi connectivity index (χ1) is 14.8. The Morgan fingerprint density at radius 3 is 2.61 bits per heavy atom. The summed E-state index contributed by atoms with van der Waals surface area (Å²) in [6.07, 6.45) is 5.18. The standard InChI is InChI=1S/C23H24N4O3S/c1-27(31(2,29)30)22-6-4-3-5-16(22)7-9-19-11-12-24-23(25-19)26-20-10-8-17-14-21(28)15-18(17)13-20/h3-6,8,10-13H,7,9,14-15H2,1-2H3,(H,24,25,26). The molecule has 1 heterocycles. The Hall–Kier alpha value is -3.26. The maximum Gasteiger partial charge on any atom is 0.232 e. The van der Waals surface area contributed by atoms with E-state index in [0.717, 1.165) is 28.1 Å². The molecule has 0 fully saturated rings. The van der Waals surface area contributed by atoms with Crippen LogP contribution in [-0.2, 0) is 40.5 Å². The first-order valence-electron chi connectivity index (χ1n) is 10.0. The number of hydrogen-bond donors (Lipinski definition) is 1. The maximum atomic E-state index is 11.9. The number of nitrogens with zero attached hydrogens (tertiary/aromatic N) is 3. The molecule has 3 aromatic rings. The summed E-state index contributed by atoms with van der Waals surface area (Å²) in [6, 6.07) is 15.2. The van der Waals surface area contributed by atoms with Gasteiger partial charge in [-0.3, -0.25) is 9.10 Å². The lowest BCUT2D eigenvalue weighted by Gasteiger charge is -2.20. The molecule has 0 saturated heterocycles. The van der Waals surface area contributed by atoms with Crippen LogP contribution < -0.4 is 9.62 Å². The second-order valence-electron chi connectivity index (χ2n) is 7.73. The fourth-order valence-electron chi connectivity index (χ4n) is 3.72. The van der Waals surface area contributed by atoms with Crippen molar-refractivity contribution in [1.82, 2.24) is 9.97 Å². The highest BCUT2D eigenvalue weighted by Gasteiger charge is 2.18. The SMILES string of the molecule is CN(c1ccccc1CCc1ccnc(Nc2ccc3c(c2)CC(=O)C3)n1)S(C)(=O)=O. The van der Waals surface area contributed by atoms with E-state index >= 15 is 0 Å². The van der Waals surface area contributed by atoms with Gasteiger partial charge in [-0.1, -0.05) is 24.3 Å². The summed E-state index contributed by atoms with van der Waals surface area (Å²) in [5.41, 5.74) is 5.45. The average Bonchev–Trinajstić information content (AvgIpc) is 3.11. The highest BCUT2D eigenvalue weighted by atomic mass is 32.2. The van der Waals surface area contributed by atoms with E-state index in [2.05, 4.69) is 15.3 Å². The number of aryl methyl sites for hydroxylation is 2. The number of ketones is 1. The van der Waals surface area contributed by atoms with Crippen molar-refractivity contribution in [3.63, 3.8) is 0 Å². The zero-order chi connectivity index (χ0) is 22.0. The molecule has 0 radical (unpaired) electrons.